The average molecular weight is 242 g/mol. The highest BCUT2D eigenvalue weighted by atomic mass is 79.9. The first-order chi connectivity index (χ1) is 6.15. The molecule has 2 rings (SSSR count). The third-order valence-electron chi connectivity index (χ3n) is 2.68. The van der Waals surface area contributed by atoms with Crippen LogP contribution in [0.25, 0.3) is 0 Å². The molecule has 13 heavy (non-hydrogen) atoms. The normalized spacial score (nSPS) is 31.8. The number of aliphatic hydroxyl groups excluding tert-OH is 1. The minimum Gasteiger partial charge on any atom is -0.394 e. The monoisotopic (exact) mass is 241 g/mol. The van der Waals surface area contributed by atoms with Crippen LogP contribution in [0.1, 0.15) is 17.9 Å². The summed E-state index contributed by atoms with van der Waals surface area (Å²) in [7, 11) is 0. The molecule has 0 aliphatic heterocycles. The number of hydrogen-bond donors (Lipinski definition) is 2. The molecule has 0 amide bonds. The van der Waals surface area contributed by atoms with Crippen LogP contribution in [0.4, 0.5) is 0 Å². The zero-order valence-corrected chi connectivity index (χ0v) is 8.79. The first-order valence-electron chi connectivity index (χ1n) is 4.31. The van der Waals surface area contributed by atoms with Crippen LogP contribution in [0, 0.1) is 0 Å². The molecule has 1 saturated carbocycles. The molecule has 2 unspecified atom stereocenters. The Balaban J connectivity index is 2.16. The predicted molar refractivity (Wildman–Crippen MR) is 55.5 cm³/mol. The lowest BCUT2D eigenvalue weighted by atomic mass is 10.1. The second-order valence-corrected chi connectivity index (χ2v) is 4.62. The Kier molecular flexibility index (Phi) is 2.18. The molecule has 70 valence electrons. The van der Waals surface area contributed by atoms with E-state index in [4.69, 9.17) is 10.8 Å². The third kappa shape index (κ3) is 1.64. The van der Waals surface area contributed by atoms with Crippen molar-refractivity contribution < 1.29 is 5.11 Å². The Morgan fingerprint density at radius 2 is 2.08 bits per heavy atom. The summed E-state index contributed by atoms with van der Waals surface area (Å²) in [5.74, 6) is 0.339. The molecule has 0 heterocycles. The van der Waals surface area contributed by atoms with Gasteiger partial charge < -0.3 is 10.8 Å². The van der Waals surface area contributed by atoms with Gasteiger partial charge in [0.25, 0.3) is 0 Å². The summed E-state index contributed by atoms with van der Waals surface area (Å²) in [5, 5.41) is 9.02. The van der Waals surface area contributed by atoms with Gasteiger partial charge in [-0.2, -0.15) is 0 Å². The molecule has 3 heteroatoms. The van der Waals surface area contributed by atoms with E-state index in [0.717, 1.165) is 10.9 Å². The van der Waals surface area contributed by atoms with Crippen LogP contribution in [0.15, 0.2) is 28.7 Å². The van der Waals surface area contributed by atoms with Crippen LogP contribution >= 0.6 is 15.9 Å². The Hall–Kier alpha value is -0.380. The zero-order chi connectivity index (χ0) is 9.47. The van der Waals surface area contributed by atoms with Gasteiger partial charge in [-0.1, -0.05) is 28.1 Å². The van der Waals surface area contributed by atoms with Crippen LogP contribution < -0.4 is 5.73 Å². The fourth-order valence-corrected chi connectivity index (χ4v) is 1.91. The van der Waals surface area contributed by atoms with Crippen molar-refractivity contribution in [2.75, 3.05) is 6.61 Å². The van der Waals surface area contributed by atoms with E-state index in [2.05, 4.69) is 28.1 Å². The van der Waals surface area contributed by atoms with Gasteiger partial charge in [-0.05, 0) is 24.1 Å². The van der Waals surface area contributed by atoms with Gasteiger partial charge in [-0.15, -0.1) is 0 Å². The van der Waals surface area contributed by atoms with Crippen LogP contribution in [-0.2, 0) is 0 Å². The fraction of sp³-hybridized carbons (Fsp3) is 0.400. The molecule has 1 aromatic rings. The van der Waals surface area contributed by atoms with Gasteiger partial charge in [0.1, 0.15) is 0 Å². The van der Waals surface area contributed by atoms with E-state index in [1.807, 2.05) is 12.1 Å². The lowest BCUT2D eigenvalue weighted by molar-refractivity contribution is 0.253. The number of nitrogens with two attached hydrogens (primary N) is 1. The number of aliphatic hydroxyl groups is 1. The van der Waals surface area contributed by atoms with E-state index in [1.165, 1.54) is 5.56 Å². The molecule has 0 saturated heterocycles. The maximum Gasteiger partial charge on any atom is 0.0617 e. The summed E-state index contributed by atoms with van der Waals surface area (Å²) >= 11 is 3.38. The van der Waals surface area contributed by atoms with E-state index in [1.54, 1.807) is 0 Å². The second kappa shape index (κ2) is 3.08. The first kappa shape index (κ1) is 9.19. The zero-order valence-electron chi connectivity index (χ0n) is 7.20. The molecule has 1 aliphatic carbocycles. The molecule has 1 fully saturated rings. The second-order valence-electron chi connectivity index (χ2n) is 3.70. The van der Waals surface area contributed by atoms with Crippen molar-refractivity contribution in [3.05, 3.63) is 34.3 Å². The number of benzene rings is 1. The minimum atomic E-state index is -0.353. The van der Waals surface area contributed by atoms with Crippen molar-refractivity contribution in [3.63, 3.8) is 0 Å². The van der Waals surface area contributed by atoms with Gasteiger partial charge >= 0.3 is 0 Å². The largest absolute Gasteiger partial charge is 0.394 e. The van der Waals surface area contributed by atoms with E-state index in [0.29, 0.717) is 5.92 Å². The van der Waals surface area contributed by atoms with Gasteiger partial charge in [0.2, 0.25) is 0 Å². The first-order valence-corrected chi connectivity index (χ1v) is 5.10. The maximum atomic E-state index is 9.02. The molecule has 2 atom stereocenters. The molecular weight excluding hydrogens is 230 g/mol. The lowest BCUT2D eigenvalue weighted by Crippen LogP contribution is -2.28. The van der Waals surface area contributed by atoms with Crippen molar-refractivity contribution in [2.45, 2.75) is 17.9 Å². The number of hydrogen-bond acceptors (Lipinski definition) is 2. The number of halogens is 1. The van der Waals surface area contributed by atoms with Crippen LogP contribution in [-0.4, -0.2) is 17.3 Å². The molecule has 0 aromatic heterocycles. The van der Waals surface area contributed by atoms with E-state index < -0.39 is 0 Å². The fourth-order valence-electron chi connectivity index (χ4n) is 1.64. The van der Waals surface area contributed by atoms with Crippen molar-refractivity contribution in [2.24, 2.45) is 5.73 Å². The SMILES string of the molecule is NC1(CO)CC1c1ccc(Br)cc1. The Morgan fingerprint density at radius 3 is 2.54 bits per heavy atom. The predicted octanol–water partition coefficient (Wildman–Crippen LogP) is 1.63. The highest BCUT2D eigenvalue weighted by Gasteiger charge is 2.51. The van der Waals surface area contributed by atoms with Crippen LogP contribution in [0.2, 0.25) is 0 Å². The molecule has 1 aliphatic rings. The number of rotatable bonds is 2. The smallest absolute Gasteiger partial charge is 0.0617 e. The van der Waals surface area contributed by atoms with Gasteiger partial charge in [-0.25, -0.2) is 0 Å². The standard InChI is InChI=1S/C10H12BrNO/c11-8-3-1-7(2-4-8)9-5-10(9,12)6-13/h1-4,9,13H,5-6,12H2. The summed E-state index contributed by atoms with van der Waals surface area (Å²) in [5.41, 5.74) is 6.77. The van der Waals surface area contributed by atoms with Crippen molar-refractivity contribution >= 4 is 15.9 Å². The molecule has 0 bridgehead atoms. The summed E-state index contributed by atoms with van der Waals surface area (Å²) in [6, 6.07) is 8.12. The maximum absolute atomic E-state index is 9.02. The Bertz CT molecular complexity index is 311. The summed E-state index contributed by atoms with van der Waals surface area (Å²) in [4.78, 5) is 0. The molecule has 0 radical (unpaired) electrons. The topological polar surface area (TPSA) is 46.2 Å². The van der Waals surface area contributed by atoms with Crippen LogP contribution in [0.3, 0.4) is 0 Å². The van der Waals surface area contributed by atoms with Gasteiger partial charge in [0.05, 0.1) is 6.61 Å². The van der Waals surface area contributed by atoms with Crippen molar-refractivity contribution in [1.82, 2.24) is 0 Å². The molecule has 3 N–H and O–H groups in total. The van der Waals surface area contributed by atoms with Gasteiger partial charge in [0, 0.05) is 15.9 Å². The van der Waals surface area contributed by atoms with Gasteiger partial charge in [0.15, 0.2) is 0 Å². The highest BCUT2D eigenvalue weighted by Crippen LogP contribution is 2.49. The lowest BCUT2D eigenvalue weighted by Gasteiger charge is -2.06. The molecule has 1 aromatic carbocycles. The van der Waals surface area contributed by atoms with E-state index in [9.17, 15) is 0 Å². The third-order valence-corrected chi connectivity index (χ3v) is 3.21. The average Bonchev–Trinajstić information content (AvgIpc) is 2.81. The van der Waals surface area contributed by atoms with Crippen molar-refractivity contribution in [1.29, 1.82) is 0 Å². The summed E-state index contributed by atoms with van der Waals surface area (Å²) in [6.45, 7) is 0.0771. The highest BCUT2D eigenvalue weighted by molar-refractivity contribution is 9.10. The van der Waals surface area contributed by atoms with Crippen molar-refractivity contribution in [3.8, 4) is 0 Å². The Morgan fingerprint density at radius 1 is 1.46 bits per heavy atom. The van der Waals surface area contributed by atoms with E-state index in [-0.39, 0.29) is 12.1 Å². The Labute approximate surface area is 85.9 Å². The van der Waals surface area contributed by atoms with E-state index >= 15 is 0 Å². The molecule has 0 spiro atoms. The van der Waals surface area contributed by atoms with Gasteiger partial charge in [-0.3, -0.25) is 0 Å². The molecular formula is C10H12BrNO. The quantitative estimate of drug-likeness (QED) is 0.827. The summed E-state index contributed by atoms with van der Waals surface area (Å²) < 4.78 is 1.07. The summed E-state index contributed by atoms with van der Waals surface area (Å²) in [6.07, 6.45) is 0.894. The van der Waals surface area contributed by atoms with Crippen LogP contribution in [0.5, 0.6) is 0 Å². The molecule has 2 nitrogen and oxygen atoms in total. The minimum absolute atomic E-state index is 0.0771.